The number of nitrogens with zero attached hydrogens (tertiary/aromatic N) is 1. The second-order valence-corrected chi connectivity index (χ2v) is 5.06. The summed E-state index contributed by atoms with van der Waals surface area (Å²) < 4.78 is 10.5. The Morgan fingerprint density at radius 2 is 1.87 bits per heavy atom. The highest BCUT2D eigenvalue weighted by atomic mass is 16.5. The average Bonchev–Trinajstić information content (AvgIpc) is 2.61. The zero-order chi connectivity index (χ0) is 16.7. The van der Waals surface area contributed by atoms with Crippen LogP contribution in [-0.2, 0) is 6.54 Å². The lowest BCUT2D eigenvalue weighted by molar-refractivity contribution is 0.169. The Balaban J connectivity index is 1.96. The molecule has 2 N–H and O–H groups in total. The van der Waals surface area contributed by atoms with Gasteiger partial charge in [-0.2, -0.15) is 5.26 Å². The summed E-state index contributed by atoms with van der Waals surface area (Å²) in [7, 11) is 3.16. The minimum atomic E-state index is -0.710. The molecule has 5 nitrogen and oxygen atoms in total. The molecule has 0 heterocycles. The first-order valence-corrected chi connectivity index (χ1v) is 7.27. The van der Waals surface area contributed by atoms with Crippen molar-refractivity contribution < 1.29 is 14.6 Å². The summed E-state index contributed by atoms with van der Waals surface area (Å²) in [6.45, 7) is 0.985. The maximum absolute atomic E-state index is 10.4. The Morgan fingerprint density at radius 1 is 1.13 bits per heavy atom. The molecule has 5 heteroatoms. The Morgan fingerprint density at radius 3 is 2.48 bits per heavy atom. The molecular weight excluding hydrogens is 292 g/mol. The van der Waals surface area contributed by atoms with Crippen LogP contribution in [0, 0.1) is 11.3 Å². The highest BCUT2D eigenvalue weighted by Gasteiger charge is 2.14. The fourth-order valence-corrected chi connectivity index (χ4v) is 2.26. The summed E-state index contributed by atoms with van der Waals surface area (Å²) in [6, 6.07) is 14.8. The van der Waals surface area contributed by atoms with E-state index < -0.39 is 6.10 Å². The van der Waals surface area contributed by atoms with E-state index in [9.17, 15) is 5.11 Å². The third kappa shape index (κ3) is 4.46. The molecule has 0 saturated carbocycles. The van der Waals surface area contributed by atoms with Crippen LogP contribution in [0.15, 0.2) is 42.5 Å². The van der Waals surface area contributed by atoms with Crippen LogP contribution in [0.2, 0.25) is 0 Å². The highest BCUT2D eigenvalue weighted by Crippen LogP contribution is 2.29. The molecule has 0 fully saturated rings. The SMILES string of the molecule is COc1ccc(OC)c(C(O)CNCc2ccc(C#N)cc2)c1. The van der Waals surface area contributed by atoms with Crippen molar-refractivity contribution >= 4 is 0 Å². The smallest absolute Gasteiger partial charge is 0.124 e. The quantitative estimate of drug-likeness (QED) is 0.821. The van der Waals surface area contributed by atoms with Crippen molar-refractivity contribution in [1.29, 1.82) is 5.26 Å². The molecule has 0 amide bonds. The molecule has 1 unspecified atom stereocenters. The number of aliphatic hydroxyl groups excluding tert-OH is 1. The van der Waals surface area contributed by atoms with Crippen LogP contribution in [0.4, 0.5) is 0 Å². The van der Waals surface area contributed by atoms with Crippen molar-refractivity contribution in [2.24, 2.45) is 0 Å². The zero-order valence-electron chi connectivity index (χ0n) is 13.2. The molecule has 1 atom stereocenters. The van der Waals surface area contributed by atoms with Gasteiger partial charge in [0, 0.05) is 18.7 Å². The van der Waals surface area contributed by atoms with E-state index >= 15 is 0 Å². The summed E-state index contributed by atoms with van der Waals surface area (Å²) >= 11 is 0. The molecule has 0 aliphatic rings. The Hall–Kier alpha value is -2.55. The van der Waals surface area contributed by atoms with Gasteiger partial charge in [-0.05, 0) is 35.9 Å². The first kappa shape index (κ1) is 16.8. The third-order valence-corrected chi connectivity index (χ3v) is 3.55. The number of hydrogen-bond acceptors (Lipinski definition) is 5. The standard InChI is InChI=1S/C18H20N2O3/c1-22-15-7-8-18(23-2)16(9-15)17(21)12-20-11-14-5-3-13(10-19)4-6-14/h3-9,17,20-21H,11-12H2,1-2H3. The number of ether oxygens (including phenoxy) is 2. The van der Waals surface area contributed by atoms with Gasteiger partial charge in [0.15, 0.2) is 0 Å². The van der Waals surface area contributed by atoms with Crippen LogP contribution in [0.3, 0.4) is 0 Å². The molecule has 120 valence electrons. The summed E-state index contributed by atoms with van der Waals surface area (Å²) in [4.78, 5) is 0. The number of aliphatic hydroxyl groups is 1. The maximum Gasteiger partial charge on any atom is 0.124 e. The maximum atomic E-state index is 10.4. The number of hydrogen-bond donors (Lipinski definition) is 2. The van der Waals surface area contributed by atoms with Crippen molar-refractivity contribution in [3.63, 3.8) is 0 Å². The minimum Gasteiger partial charge on any atom is -0.497 e. The fourth-order valence-electron chi connectivity index (χ4n) is 2.26. The first-order chi connectivity index (χ1) is 11.2. The molecule has 0 spiro atoms. The monoisotopic (exact) mass is 312 g/mol. The van der Waals surface area contributed by atoms with Gasteiger partial charge in [-0.3, -0.25) is 0 Å². The lowest BCUT2D eigenvalue weighted by Gasteiger charge is -2.16. The third-order valence-electron chi connectivity index (χ3n) is 3.55. The van der Waals surface area contributed by atoms with Gasteiger partial charge in [-0.25, -0.2) is 0 Å². The van der Waals surface area contributed by atoms with Crippen LogP contribution < -0.4 is 14.8 Å². The fraction of sp³-hybridized carbons (Fsp3) is 0.278. The lowest BCUT2D eigenvalue weighted by atomic mass is 10.1. The molecule has 0 radical (unpaired) electrons. The molecule has 2 aromatic carbocycles. The molecule has 0 saturated heterocycles. The van der Waals surface area contributed by atoms with E-state index in [1.54, 1.807) is 44.6 Å². The zero-order valence-corrected chi connectivity index (χ0v) is 13.2. The van der Waals surface area contributed by atoms with Crippen molar-refractivity contribution in [3.05, 3.63) is 59.2 Å². The van der Waals surface area contributed by atoms with E-state index in [1.807, 2.05) is 12.1 Å². The van der Waals surface area contributed by atoms with Gasteiger partial charge in [-0.15, -0.1) is 0 Å². The van der Waals surface area contributed by atoms with Gasteiger partial charge in [0.05, 0.1) is 32.0 Å². The molecule has 0 aromatic heterocycles. The van der Waals surface area contributed by atoms with Gasteiger partial charge >= 0.3 is 0 Å². The lowest BCUT2D eigenvalue weighted by Crippen LogP contribution is -2.21. The predicted octanol–water partition coefficient (Wildman–Crippen LogP) is 2.40. The van der Waals surface area contributed by atoms with Crippen molar-refractivity contribution in [1.82, 2.24) is 5.32 Å². The van der Waals surface area contributed by atoms with E-state index in [0.717, 1.165) is 5.56 Å². The topological polar surface area (TPSA) is 74.5 Å². The van der Waals surface area contributed by atoms with Crippen LogP contribution in [0.5, 0.6) is 11.5 Å². The minimum absolute atomic E-state index is 0.379. The normalized spacial score (nSPS) is 11.6. The summed E-state index contributed by atoms with van der Waals surface area (Å²) in [5.74, 6) is 1.30. The number of benzene rings is 2. The van der Waals surface area contributed by atoms with E-state index in [4.69, 9.17) is 14.7 Å². The van der Waals surface area contributed by atoms with E-state index in [1.165, 1.54) is 0 Å². The van der Waals surface area contributed by atoms with Crippen molar-refractivity contribution in [3.8, 4) is 17.6 Å². The van der Waals surface area contributed by atoms with Crippen LogP contribution in [0.25, 0.3) is 0 Å². The Labute approximate surface area is 136 Å². The van der Waals surface area contributed by atoms with E-state index in [0.29, 0.717) is 35.7 Å². The van der Waals surface area contributed by atoms with E-state index in [-0.39, 0.29) is 0 Å². The van der Waals surface area contributed by atoms with Crippen LogP contribution in [0.1, 0.15) is 22.8 Å². The molecule has 2 aromatic rings. The van der Waals surface area contributed by atoms with Crippen molar-refractivity contribution in [2.45, 2.75) is 12.6 Å². The number of nitrogens with one attached hydrogen (secondary N) is 1. The molecule has 23 heavy (non-hydrogen) atoms. The van der Waals surface area contributed by atoms with Crippen molar-refractivity contribution in [2.75, 3.05) is 20.8 Å². The average molecular weight is 312 g/mol. The van der Waals surface area contributed by atoms with Gasteiger partial charge in [0.2, 0.25) is 0 Å². The van der Waals surface area contributed by atoms with Gasteiger partial charge in [0.1, 0.15) is 11.5 Å². The number of rotatable bonds is 7. The molecule has 0 aliphatic heterocycles. The molecule has 2 rings (SSSR count). The summed E-state index contributed by atoms with van der Waals surface area (Å²) in [6.07, 6.45) is -0.710. The molecule has 0 aliphatic carbocycles. The first-order valence-electron chi connectivity index (χ1n) is 7.27. The van der Waals surface area contributed by atoms with Gasteiger partial charge in [0.25, 0.3) is 0 Å². The number of methoxy groups -OCH3 is 2. The molecule has 0 bridgehead atoms. The Bertz CT molecular complexity index is 678. The number of nitriles is 1. The Kier molecular flexibility index (Phi) is 5.98. The summed E-state index contributed by atoms with van der Waals surface area (Å²) in [5, 5.41) is 22.3. The second-order valence-electron chi connectivity index (χ2n) is 5.06. The highest BCUT2D eigenvalue weighted by molar-refractivity contribution is 5.41. The van der Waals surface area contributed by atoms with Crippen LogP contribution in [-0.4, -0.2) is 25.9 Å². The molecular formula is C18H20N2O3. The van der Waals surface area contributed by atoms with Gasteiger partial charge in [-0.1, -0.05) is 12.1 Å². The second kappa shape index (κ2) is 8.18. The van der Waals surface area contributed by atoms with Crippen LogP contribution >= 0.6 is 0 Å². The van der Waals surface area contributed by atoms with E-state index in [2.05, 4.69) is 11.4 Å². The largest absolute Gasteiger partial charge is 0.497 e. The summed E-state index contributed by atoms with van der Waals surface area (Å²) in [5.41, 5.74) is 2.36. The van der Waals surface area contributed by atoms with Gasteiger partial charge < -0.3 is 19.9 Å². The predicted molar refractivity (Wildman–Crippen MR) is 87.4 cm³/mol.